The Bertz CT molecular complexity index is 533. The standard InChI is InChI=1S/C14H24N2O3S2/c1-4-8-19-14-6-5-13(10-12(14)11-15-2)21(17,18)16-7-9-20-3/h5-6,10,15-16H,4,7-9,11H2,1-3H3. The van der Waals surface area contributed by atoms with E-state index in [0.29, 0.717) is 19.7 Å². The molecule has 0 amide bonds. The highest BCUT2D eigenvalue weighted by Gasteiger charge is 2.15. The summed E-state index contributed by atoms with van der Waals surface area (Å²) in [7, 11) is -1.64. The van der Waals surface area contributed by atoms with Crippen molar-refractivity contribution in [3.8, 4) is 5.75 Å². The van der Waals surface area contributed by atoms with Gasteiger partial charge in [0.15, 0.2) is 0 Å². The van der Waals surface area contributed by atoms with Crippen molar-refractivity contribution in [2.24, 2.45) is 0 Å². The van der Waals surface area contributed by atoms with Crippen molar-refractivity contribution >= 4 is 21.8 Å². The molecule has 120 valence electrons. The maximum atomic E-state index is 12.2. The van der Waals surface area contributed by atoms with Gasteiger partial charge in [0.2, 0.25) is 10.0 Å². The van der Waals surface area contributed by atoms with Crippen LogP contribution in [0.5, 0.6) is 5.75 Å². The number of hydrogen-bond donors (Lipinski definition) is 2. The fourth-order valence-corrected chi connectivity index (χ4v) is 3.28. The zero-order chi connectivity index (χ0) is 15.7. The average Bonchev–Trinajstić information content (AvgIpc) is 2.46. The minimum atomic E-state index is -3.46. The third-order valence-electron chi connectivity index (χ3n) is 2.77. The van der Waals surface area contributed by atoms with Crippen LogP contribution in [-0.4, -0.2) is 40.6 Å². The molecule has 0 fully saturated rings. The van der Waals surface area contributed by atoms with Crippen LogP contribution in [0.15, 0.2) is 23.1 Å². The lowest BCUT2D eigenvalue weighted by atomic mass is 10.2. The normalized spacial score (nSPS) is 11.6. The monoisotopic (exact) mass is 332 g/mol. The molecular weight excluding hydrogens is 308 g/mol. The van der Waals surface area contributed by atoms with Crippen LogP contribution in [0.1, 0.15) is 18.9 Å². The molecule has 0 spiro atoms. The topological polar surface area (TPSA) is 67.4 Å². The van der Waals surface area contributed by atoms with Crippen molar-refractivity contribution in [1.82, 2.24) is 10.0 Å². The minimum Gasteiger partial charge on any atom is -0.493 e. The Balaban J connectivity index is 2.95. The Morgan fingerprint density at radius 3 is 2.71 bits per heavy atom. The van der Waals surface area contributed by atoms with Crippen molar-refractivity contribution in [3.63, 3.8) is 0 Å². The summed E-state index contributed by atoms with van der Waals surface area (Å²) in [4.78, 5) is 0.276. The first-order chi connectivity index (χ1) is 10.0. The zero-order valence-corrected chi connectivity index (χ0v) is 14.4. The average molecular weight is 332 g/mol. The molecular formula is C14H24N2O3S2. The summed E-state index contributed by atoms with van der Waals surface area (Å²) in [5.74, 6) is 1.48. The maximum absolute atomic E-state index is 12.2. The van der Waals surface area contributed by atoms with Crippen LogP contribution < -0.4 is 14.8 Å². The fourth-order valence-electron chi connectivity index (χ4n) is 1.77. The number of thioether (sulfide) groups is 1. The lowest BCUT2D eigenvalue weighted by Crippen LogP contribution is -2.26. The van der Waals surface area contributed by atoms with Gasteiger partial charge in [-0.3, -0.25) is 0 Å². The molecule has 5 nitrogen and oxygen atoms in total. The molecule has 7 heteroatoms. The van der Waals surface area contributed by atoms with Crippen molar-refractivity contribution < 1.29 is 13.2 Å². The largest absolute Gasteiger partial charge is 0.493 e. The van der Waals surface area contributed by atoms with Crippen LogP contribution in [0.2, 0.25) is 0 Å². The highest BCUT2D eigenvalue weighted by molar-refractivity contribution is 7.98. The van der Waals surface area contributed by atoms with Crippen LogP contribution in [-0.2, 0) is 16.6 Å². The molecule has 0 saturated heterocycles. The van der Waals surface area contributed by atoms with E-state index in [0.717, 1.165) is 23.5 Å². The third-order valence-corrected chi connectivity index (χ3v) is 4.84. The van der Waals surface area contributed by atoms with Gasteiger partial charge in [0.25, 0.3) is 0 Å². The highest BCUT2D eigenvalue weighted by Crippen LogP contribution is 2.23. The summed E-state index contributed by atoms with van der Waals surface area (Å²) in [6.45, 7) is 3.65. The molecule has 0 heterocycles. The number of nitrogens with one attached hydrogen (secondary N) is 2. The predicted octanol–water partition coefficient (Wildman–Crippen LogP) is 1.84. The van der Waals surface area contributed by atoms with E-state index < -0.39 is 10.0 Å². The van der Waals surface area contributed by atoms with E-state index in [1.165, 1.54) is 0 Å². The SMILES string of the molecule is CCCOc1ccc(S(=O)(=O)NCCSC)cc1CNC. The van der Waals surface area contributed by atoms with Gasteiger partial charge in [0.05, 0.1) is 11.5 Å². The second kappa shape index (κ2) is 9.30. The van der Waals surface area contributed by atoms with Crippen molar-refractivity contribution in [3.05, 3.63) is 23.8 Å². The molecule has 1 aromatic rings. The number of ether oxygens (including phenoxy) is 1. The molecule has 0 aliphatic carbocycles. The molecule has 0 aliphatic rings. The molecule has 0 unspecified atom stereocenters. The van der Waals surface area contributed by atoms with E-state index in [-0.39, 0.29) is 4.90 Å². The van der Waals surface area contributed by atoms with Gasteiger partial charge in [-0.05, 0) is 37.9 Å². The van der Waals surface area contributed by atoms with Gasteiger partial charge in [0.1, 0.15) is 5.75 Å². The summed E-state index contributed by atoms with van der Waals surface area (Å²) in [5.41, 5.74) is 0.846. The predicted molar refractivity (Wildman–Crippen MR) is 88.6 cm³/mol. The lowest BCUT2D eigenvalue weighted by Gasteiger charge is -2.13. The summed E-state index contributed by atoms with van der Waals surface area (Å²) < 4.78 is 32.7. The highest BCUT2D eigenvalue weighted by atomic mass is 32.2. The van der Waals surface area contributed by atoms with Crippen molar-refractivity contribution in [2.75, 3.05) is 32.2 Å². The Kier molecular flexibility index (Phi) is 8.10. The van der Waals surface area contributed by atoms with E-state index in [1.807, 2.05) is 20.2 Å². The second-order valence-corrected chi connectivity index (χ2v) is 7.29. The number of rotatable bonds is 10. The summed E-state index contributed by atoms with van der Waals surface area (Å²) in [6, 6.07) is 4.99. The Hall–Kier alpha value is -0.760. The van der Waals surface area contributed by atoms with Crippen LogP contribution in [0.3, 0.4) is 0 Å². The van der Waals surface area contributed by atoms with Gasteiger partial charge in [0, 0.05) is 24.4 Å². The molecule has 2 N–H and O–H groups in total. The van der Waals surface area contributed by atoms with Crippen LogP contribution in [0, 0.1) is 0 Å². The van der Waals surface area contributed by atoms with Crippen molar-refractivity contribution in [2.45, 2.75) is 24.8 Å². The number of sulfonamides is 1. The fraction of sp³-hybridized carbons (Fsp3) is 0.571. The first-order valence-corrected chi connectivity index (χ1v) is 9.81. The Labute approximate surface area is 131 Å². The first kappa shape index (κ1) is 18.3. The molecule has 1 rings (SSSR count). The Morgan fingerprint density at radius 1 is 1.33 bits per heavy atom. The van der Waals surface area contributed by atoms with E-state index >= 15 is 0 Å². The molecule has 0 saturated carbocycles. The molecule has 0 atom stereocenters. The molecule has 0 aromatic heterocycles. The molecule has 0 aliphatic heterocycles. The maximum Gasteiger partial charge on any atom is 0.240 e. The van der Waals surface area contributed by atoms with Gasteiger partial charge >= 0.3 is 0 Å². The molecule has 0 radical (unpaired) electrons. The van der Waals surface area contributed by atoms with Crippen LogP contribution in [0.4, 0.5) is 0 Å². The van der Waals surface area contributed by atoms with E-state index in [2.05, 4.69) is 10.0 Å². The minimum absolute atomic E-state index is 0.276. The van der Waals surface area contributed by atoms with Gasteiger partial charge in [-0.2, -0.15) is 11.8 Å². The molecule has 1 aromatic carbocycles. The van der Waals surface area contributed by atoms with Crippen molar-refractivity contribution in [1.29, 1.82) is 0 Å². The van der Waals surface area contributed by atoms with Gasteiger partial charge < -0.3 is 10.1 Å². The second-order valence-electron chi connectivity index (χ2n) is 4.54. The molecule has 0 bridgehead atoms. The van der Waals surface area contributed by atoms with Gasteiger partial charge in [-0.15, -0.1) is 0 Å². The van der Waals surface area contributed by atoms with E-state index in [9.17, 15) is 8.42 Å². The van der Waals surface area contributed by atoms with Crippen LogP contribution in [0.25, 0.3) is 0 Å². The van der Waals surface area contributed by atoms with E-state index in [4.69, 9.17) is 4.74 Å². The lowest BCUT2D eigenvalue weighted by molar-refractivity contribution is 0.313. The van der Waals surface area contributed by atoms with Gasteiger partial charge in [-0.1, -0.05) is 6.92 Å². The first-order valence-electron chi connectivity index (χ1n) is 6.94. The van der Waals surface area contributed by atoms with E-state index in [1.54, 1.807) is 30.0 Å². The number of hydrogen-bond acceptors (Lipinski definition) is 5. The summed E-state index contributed by atoms with van der Waals surface area (Å²) >= 11 is 1.60. The Morgan fingerprint density at radius 2 is 2.10 bits per heavy atom. The smallest absolute Gasteiger partial charge is 0.240 e. The summed E-state index contributed by atoms with van der Waals surface area (Å²) in [5, 5.41) is 3.03. The van der Waals surface area contributed by atoms with Gasteiger partial charge in [-0.25, -0.2) is 13.1 Å². The molecule has 21 heavy (non-hydrogen) atoms. The quantitative estimate of drug-likeness (QED) is 0.640. The number of benzene rings is 1. The van der Waals surface area contributed by atoms with Crippen LogP contribution >= 0.6 is 11.8 Å². The zero-order valence-electron chi connectivity index (χ0n) is 12.8. The summed E-state index contributed by atoms with van der Waals surface area (Å²) in [6.07, 6.45) is 2.86. The third kappa shape index (κ3) is 5.86.